The molecule has 1 spiro atoms. The van der Waals surface area contributed by atoms with Crippen LogP contribution in [0.2, 0.25) is 0 Å². The molecule has 1 aromatic carbocycles. The predicted molar refractivity (Wildman–Crippen MR) is 119 cm³/mol. The van der Waals surface area contributed by atoms with Gasteiger partial charge < -0.3 is 37.2 Å². The molecule has 3 amide bonds. The summed E-state index contributed by atoms with van der Waals surface area (Å²) in [4.78, 5) is 47.9. The van der Waals surface area contributed by atoms with Crippen LogP contribution in [-0.4, -0.2) is 92.3 Å². The van der Waals surface area contributed by atoms with Gasteiger partial charge in [-0.25, -0.2) is 9.98 Å². The van der Waals surface area contributed by atoms with E-state index in [0.717, 1.165) is 23.1 Å². The number of carbonyl (C=O) groups is 3. The SMILES string of the molecule is NC1=N[C@H]2[C@H](CN3C(=O)CCC3=O)N=C(N)N3C[C@H](NC(=O)c4cccc(C(F)(F)F)c4)C(O)(O)[C@]23N1. The van der Waals surface area contributed by atoms with Crippen molar-refractivity contribution in [3.8, 4) is 0 Å². The maximum atomic E-state index is 13.1. The number of nitrogens with zero attached hydrogens (tertiary/aromatic N) is 4. The van der Waals surface area contributed by atoms with Crippen LogP contribution in [0, 0.1) is 0 Å². The highest BCUT2D eigenvalue weighted by Gasteiger charge is 2.73. The van der Waals surface area contributed by atoms with Gasteiger partial charge in [0.1, 0.15) is 12.1 Å². The molecule has 13 nitrogen and oxygen atoms in total. The van der Waals surface area contributed by atoms with Gasteiger partial charge in [0.2, 0.25) is 17.6 Å². The van der Waals surface area contributed by atoms with E-state index < -0.39 is 59.0 Å². The van der Waals surface area contributed by atoms with Gasteiger partial charge in [-0.1, -0.05) is 6.07 Å². The van der Waals surface area contributed by atoms with Crippen molar-refractivity contribution in [1.29, 1.82) is 0 Å². The van der Waals surface area contributed by atoms with Gasteiger partial charge in [-0.3, -0.25) is 19.3 Å². The van der Waals surface area contributed by atoms with E-state index in [1.54, 1.807) is 0 Å². The molecule has 16 heteroatoms. The van der Waals surface area contributed by atoms with E-state index >= 15 is 0 Å². The van der Waals surface area contributed by atoms with E-state index in [9.17, 15) is 37.8 Å². The molecule has 0 saturated carbocycles. The van der Waals surface area contributed by atoms with Gasteiger partial charge >= 0.3 is 6.18 Å². The molecule has 0 aliphatic carbocycles. The van der Waals surface area contributed by atoms with Gasteiger partial charge in [0.05, 0.1) is 18.2 Å². The largest absolute Gasteiger partial charge is 0.416 e. The van der Waals surface area contributed by atoms with Gasteiger partial charge in [0.15, 0.2) is 17.6 Å². The van der Waals surface area contributed by atoms with Crippen LogP contribution in [0.15, 0.2) is 34.3 Å². The summed E-state index contributed by atoms with van der Waals surface area (Å²) in [5.41, 5.74) is 8.67. The second kappa shape index (κ2) is 8.04. The minimum atomic E-state index is -4.69. The fourth-order valence-corrected chi connectivity index (χ4v) is 5.33. The molecule has 0 unspecified atom stereocenters. The lowest BCUT2D eigenvalue weighted by Crippen LogP contribution is -2.78. The number of alkyl halides is 3. The monoisotopic (exact) mass is 524 g/mol. The summed E-state index contributed by atoms with van der Waals surface area (Å²) in [6.45, 7) is -0.567. The number of nitrogens with one attached hydrogen (secondary N) is 2. The molecule has 0 bridgehead atoms. The number of carbonyl (C=O) groups excluding carboxylic acids is 3. The van der Waals surface area contributed by atoms with Crippen LogP contribution in [0.25, 0.3) is 0 Å². The summed E-state index contributed by atoms with van der Waals surface area (Å²) in [7, 11) is 0. The fourth-order valence-electron chi connectivity index (χ4n) is 5.33. The number of benzene rings is 1. The molecule has 4 aliphatic heterocycles. The second-order valence-electron chi connectivity index (χ2n) is 9.24. The van der Waals surface area contributed by atoms with Crippen molar-refractivity contribution >= 4 is 29.6 Å². The van der Waals surface area contributed by atoms with Gasteiger partial charge in [-0.15, -0.1) is 0 Å². The van der Waals surface area contributed by atoms with Crippen molar-refractivity contribution in [2.45, 2.75) is 48.6 Å². The molecule has 4 heterocycles. The van der Waals surface area contributed by atoms with E-state index in [0.29, 0.717) is 6.07 Å². The molecule has 198 valence electrons. The summed E-state index contributed by atoms with van der Waals surface area (Å²) < 4.78 is 39.3. The van der Waals surface area contributed by atoms with Crippen molar-refractivity contribution in [2.75, 3.05) is 13.1 Å². The molecule has 37 heavy (non-hydrogen) atoms. The van der Waals surface area contributed by atoms with Crippen LogP contribution in [0.5, 0.6) is 0 Å². The van der Waals surface area contributed by atoms with Crippen molar-refractivity contribution in [1.82, 2.24) is 20.4 Å². The number of rotatable bonds is 4. The number of hydrogen-bond donors (Lipinski definition) is 6. The van der Waals surface area contributed by atoms with E-state index in [1.807, 2.05) is 0 Å². The Labute approximate surface area is 207 Å². The first-order chi connectivity index (χ1) is 17.3. The lowest BCUT2D eigenvalue weighted by molar-refractivity contribution is -0.230. The highest BCUT2D eigenvalue weighted by molar-refractivity contribution is 6.02. The Balaban J connectivity index is 1.45. The molecule has 8 N–H and O–H groups in total. The van der Waals surface area contributed by atoms with Gasteiger partial charge in [0, 0.05) is 24.9 Å². The average Bonchev–Trinajstić information content (AvgIpc) is 3.41. The van der Waals surface area contributed by atoms with E-state index in [1.165, 1.54) is 4.90 Å². The number of nitrogens with two attached hydrogens (primary N) is 2. The van der Waals surface area contributed by atoms with Gasteiger partial charge in [-0.2, -0.15) is 13.2 Å². The van der Waals surface area contributed by atoms with Crippen molar-refractivity contribution in [3.63, 3.8) is 0 Å². The standard InChI is InChI=1S/C21H23F3N8O5/c22-21(23,24)10-3-1-2-9(6-10)16(35)28-12-8-32-18(26)27-11(7-31-13(33)4-5-14(31)34)15-19(32,20(12,36)37)30-17(25)29-15/h1-3,6,11-12,15,36-37H,4-5,7-8H2,(H2,26,27)(H,28,35)(H3,25,29,30)/t11-,12-,15-,19-/m0/s1. The quantitative estimate of drug-likeness (QED) is 0.184. The zero-order chi connectivity index (χ0) is 26.9. The smallest absolute Gasteiger partial charge is 0.370 e. The Kier molecular flexibility index (Phi) is 5.38. The normalized spacial score (nSPS) is 30.5. The number of aliphatic imine (C=N–C) groups is 2. The van der Waals surface area contributed by atoms with Crippen molar-refractivity contribution in [3.05, 3.63) is 35.4 Å². The molecular weight excluding hydrogens is 501 g/mol. The summed E-state index contributed by atoms with van der Waals surface area (Å²) in [5.74, 6) is -5.09. The van der Waals surface area contributed by atoms with Crippen LogP contribution in [0.3, 0.4) is 0 Å². The third-order valence-electron chi connectivity index (χ3n) is 7.08. The summed E-state index contributed by atoms with van der Waals surface area (Å²) >= 11 is 0. The summed E-state index contributed by atoms with van der Waals surface area (Å²) in [5, 5.41) is 27.8. The maximum absolute atomic E-state index is 13.1. The van der Waals surface area contributed by atoms with Gasteiger partial charge in [-0.05, 0) is 18.2 Å². The van der Waals surface area contributed by atoms with Crippen LogP contribution in [0.1, 0.15) is 28.8 Å². The Morgan fingerprint density at radius 2 is 1.86 bits per heavy atom. The molecule has 0 radical (unpaired) electrons. The van der Waals surface area contributed by atoms with Crippen molar-refractivity contribution in [2.24, 2.45) is 21.5 Å². The summed E-state index contributed by atoms with van der Waals surface area (Å²) in [6.07, 6.45) is -4.62. The number of halogens is 3. The Bertz CT molecular complexity index is 1230. The van der Waals surface area contributed by atoms with E-state index in [-0.39, 0.29) is 43.4 Å². The van der Waals surface area contributed by atoms with Crippen LogP contribution in [-0.2, 0) is 15.8 Å². The number of likely N-dealkylation sites (tertiary alicyclic amines) is 1. The van der Waals surface area contributed by atoms with Gasteiger partial charge in [0.25, 0.3) is 5.91 Å². The minimum Gasteiger partial charge on any atom is -0.370 e. The first kappa shape index (κ1) is 24.8. The number of imide groups is 1. The molecular formula is C21H23F3N8O5. The number of hydrogen-bond acceptors (Lipinski definition) is 11. The van der Waals surface area contributed by atoms with E-state index in [2.05, 4.69) is 20.6 Å². The molecule has 4 aliphatic rings. The van der Waals surface area contributed by atoms with Crippen LogP contribution < -0.4 is 22.1 Å². The third kappa shape index (κ3) is 3.66. The summed E-state index contributed by atoms with van der Waals surface area (Å²) in [6, 6.07) is -0.0190. The topological polar surface area (TPSA) is 199 Å². The Hall–Kier alpha value is -3.92. The van der Waals surface area contributed by atoms with Crippen LogP contribution in [0.4, 0.5) is 13.2 Å². The molecule has 2 saturated heterocycles. The minimum absolute atomic E-state index is 0.0317. The number of aliphatic hydroxyl groups is 2. The Morgan fingerprint density at radius 1 is 1.19 bits per heavy atom. The fraction of sp³-hybridized carbons (Fsp3) is 0.476. The zero-order valence-electron chi connectivity index (χ0n) is 19.1. The maximum Gasteiger partial charge on any atom is 0.416 e. The zero-order valence-corrected chi connectivity index (χ0v) is 19.1. The number of guanidine groups is 2. The predicted octanol–water partition coefficient (Wildman–Crippen LogP) is -2.37. The Morgan fingerprint density at radius 3 is 2.51 bits per heavy atom. The lowest BCUT2D eigenvalue weighted by Gasteiger charge is -2.49. The lowest BCUT2D eigenvalue weighted by atomic mass is 9.84. The molecule has 1 aromatic rings. The molecule has 2 fully saturated rings. The highest BCUT2D eigenvalue weighted by atomic mass is 19.4. The average molecular weight is 524 g/mol. The first-order valence-electron chi connectivity index (χ1n) is 11.2. The molecule has 5 rings (SSSR count). The van der Waals surface area contributed by atoms with Crippen LogP contribution >= 0.6 is 0 Å². The first-order valence-corrected chi connectivity index (χ1v) is 11.2. The highest BCUT2D eigenvalue weighted by Crippen LogP contribution is 2.45. The molecule has 4 atom stereocenters. The number of amides is 3. The molecule has 0 aromatic heterocycles. The third-order valence-corrected chi connectivity index (χ3v) is 7.08. The van der Waals surface area contributed by atoms with Crippen molar-refractivity contribution < 1.29 is 37.8 Å². The second-order valence-corrected chi connectivity index (χ2v) is 9.24. The van der Waals surface area contributed by atoms with E-state index in [4.69, 9.17) is 11.5 Å².